The van der Waals surface area contributed by atoms with E-state index < -0.39 is 12.1 Å². The Bertz CT molecular complexity index is 576. The molecule has 20 heavy (non-hydrogen) atoms. The minimum atomic E-state index is -0.574. The number of aliphatic hydroxyl groups excluding tert-OH is 1. The number of hydrogen-bond donors (Lipinski definition) is 2. The molecule has 3 rings (SSSR count). The van der Waals surface area contributed by atoms with Crippen molar-refractivity contribution in [2.24, 2.45) is 0 Å². The lowest BCUT2D eigenvalue weighted by molar-refractivity contribution is 0.00850. The molecule has 1 aromatic rings. The molecule has 1 aromatic carbocycles. The molecule has 1 unspecified atom stereocenters. The van der Waals surface area contributed by atoms with Crippen LogP contribution in [0.2, 0.25) is 0 Å². The molecule has 2 heterocycles. The van der Waals surface area contributed by atoms with Gasteiger partial charge in [0.15, 0.2) is 0 Å². The van der Waals surface area contributed by atoms with Crippen molar-refractivity contribution in [2.45, 2.75) is 44.8 Å². The maximum absolute atomic E-state index is 12.0. The van der Waals surface area contributed by atoms with Gasteiger partial charge in [-0.15, -0.1) is 0 Å². The zero-order valence-electron chi connectivity index (χ0n) is 11.6. The summed E-state index contributed by atoms with van der Waals surface area (Å²) in [5, 5.41) is 19.3. The highest BCUT2D eigenvalue weighted by atomic mass is 16.6. The van der Waals surface area contributed by atoms with E-state index in [1.165, 1.54) is 6.07 Å². The highest BCUT2D eigenvalue weighted by Gasteiger charge is 2.36. The molecule has 1 atom stereocenters. The summed E-state index contributed by atoms with van der Waals surface area (Å²) in [6.45, 7) is 3.77. The van der Waals surface area contributed by atoms with Crippen LogP contribution in [-0.2, 0) is 17.6 Å². The monoisotopic (exact) mass is 278 g/mol. The summed E-state index contributed by atoms with van der Waals surface area (Å²) >= 11 is 0. The van der Waals surface area contributed by atoms with Crippen molar-refractivity contribution in [3.05, 3.63) is 22.8 Å². The van der Waals surface area contributed by atoms with Crippen molar-refractivity contribution in [1.29, 1.82) is 0 Å². The first-order valence-electron chi connectivity index (χ1n) is 6.80. The minimum absolute atomic E-state index is 0.113. The fourth-order valence-corrected chi connectivity index (χ4v) is 2.91. The van der Waals surface area contributed by atoms with Gasteiger partial charge in [0, 0.05) is 12.5 Å². The molecule has 0 amide bonds. The molecule has 0 saturated carbocycles. The van der Waals surface area contributed by atoms with E-state index in [1.807, 2.05) is 13.8 Å². The van der Waals surface area contributed by atoms with Gasteiger partial charge in [0.2, 0.25) is 0 Å². The van der Waals surface area contributed by atoms with Crippen LogP contribution in [0.1, 0.15) is 41.8 Å². The Kier molecular flexibility index (Phi) is 2.90. The van der Waals surface area contributed by atoms with Gasteiger partial charge in [0.05, 0.1) is 6.61 Å². The van der Waals surface area contributed by atoms with Crippen LogP contribution in [0.5, 0.6) is 11.5 Å². The fraction of sp³-hybridized carbons (Fsp3) is 0.533. The van der Waals surface area contributed by atoms with Gasteiger partial charge in [0.1, 0.15) is 28.8 Å². The predicted octanol–water partition coefficient (Wildman–Crippen LogP) is 1.57. The lowest BCUT2D eigenvalue weighted by atomic mass is 9.86. The number of fused-ring (bicyclic) bond motifs is 3. The Labute approximate surface area is 117 Å². The van der Waals surface area contributed by atoms with E-state index in [2.05, 4.69) is 0 Å². The second-order valence-electron chi connectivity index (χ2n) is 6.00. The molecule has 2 aliphatic heterocycles. The fourth-order valence-electron chi connectivity index (χ4n) is 2.91. The van der Waals surface area contributed by atoms with E-state index in [9.17, 15) is 15.0 Å². The van der Waals surface area contributed by atoms with Crippen molar-refractivity contribution in [3.63, 3.8) is 0 Å². The number of phenols is 1. The van der Waals surface area contributed by atoms with Crippen LogP contribution in [0.15, 0.2) is 6.07 Å². The first kappa shape index (κ1) is 13.2. The summed E-state index contributed by atoms with van der Waals surface area (Å²) in [7, 11) is 0. The van der Waals surface area contributed by atoms with Gasteiger partial charge < -0.3 is 19.7 Å². The normalized spacial score (nSPS) is 23.4. The van der Waals surface area contributed by atoms with Gasteiger partial charge >= 0.3 is 5.97 Å². The smallest absolute Gasteiger partial charge is 0.342 e. The molecule has 5 heteroatoms. The number of aliphatic hydroxyl groups is 1. The SMILES string of the molecule is CC1(C)CCc2c(cc(O)c3c2CC(CO)OC3=O)O1. The molecule has 0 saturated heterocycles. The molecule has 0 aliphatic carbocycles. The molecule has 0 radical (unpaired) electrons. The van der Waals surface area contributed by atoms with Gasteiger partial charge in [-0.2, -0.15) is 0 Å². The highest BCUT2D eigenvalue weighted by Crippen LogP contribution is 2.42. The Morgan fingerprint density at radius 3 is 2.85 bits per heavy atom. The van der Waals surface area contributed by atoms with Gasteiger partial charge in [0.25, 0.3) is 0 Å². The lowest BCUT2D eigenvalue weighted by Crippen LogP contribution is -2.36. The number of cyclic esters (lactones) is 1. The van der Waals surface area contributed by atoms with Gasteiger partial charge in [-0.25, -0.2) is 4.79 Å². The number of benzene rings is 1. The van der Waals surface area contributed by atoms with Gasteiger partial charge in [-0.3, -0.25) is 0 Å². The summed E-state index contributed by atoms with van der Waals surface area (Å²) in [6, 6.07) is 1.50. The molecule has 0 aromatic heterocycles. The molecule has 0 spiro atoms. The second kappa shape index (κ2) is 4.38. The van der Waals surface area contributed by atoms with E-state index in [4.69, 9.17) is 9.47 Å². The van der Waals surface area contributed by atoms with E-state index in [1.54, 1.807) is 0 Å². The standard InChI is InChI=1S/C15H18O5/c1-15(2)4-3-9-10-5-8(7-16)19-14(18)13(10)11(17)6-12(9)20-15/h6,8,16-17H,3-5,7H2,1-2H3. The van der Waals surface area contributed by atoms with Crippen molar-refractivity contribution >= 4 is 5.97 Å². The Hall–Kier alpha value is -1.75. The van der Waals surface area contributed by atoms with Crippen molar-refractivity contribution in [1.82, 2.24) is 0 Å². The number of ether oxygens (including phenoxy) is 2. The Morgan fingerprint density at radius 1 is 1.40 bits per heavy atom. The summed E-state index contributed by atoms with van der Waals surface area (Å²) in [4.78, 5) is 12.0. The van der Waals surface area contributed by atoms with E-state index in [0.29, 0.717) is 12.2 Å². The van der Waals surface area contributed by atoms with Crippen LogP contribution < -0.4 is 4.74 Å². The van der Waals surface area contributed by atoms with Crippen LogP contribution in [-0.4, -0.2) is 34.5 Å². The van der Waals surface area contributed by atoms with Crippen LogP contribution in [0.3, 0.4) is 0 Å². The predicted molar refractivity (Wildman–Crippen MR) is 71.1 cm³/mol. The van der Waals surface area contributed by atoms with E-state index in [0.717, 1.165) is 24.0 Å². The van der Waals surface area contributed by atoms with Crippen LogP contribution in [0.25, 0.3) is 0 Å². The summed E-state index contributed by atoms with van der Waals surface area (Å²) in [6.07, 6.45) is 1.50. The highest BCUT2D eigenvalue weighted by molar-refractivity contribution is 5.96. The van der Waals surface area contributed by atoms with Crippen LogP contribution in [0, 0.1) is 0 Å². The first-order valence-corrected chi connectivity index (χ1v) is 6.80. The summed E-state index contributed by atoms with van der Waals surface area (Å²) < 4.78 is 11.0. The van der Waals surface area contributed by atoms with Crippen LogP contribution >= 0.6 is 0 Å². The second-order valence-corrected chi connectivity index (χ2v) is 6.00. The third kappa shape index (κ3) is 2.02. The molecular weight excluding hydrogens is 260 g/mol. The maximum Gasteiger partial charge on any atom is 0.342 e. The number of phenolic OH excluding ortho intramolecular Hbond substituents is 1. The van der Waals surface area contributed by atoms with Crippen molar-refractivity contribution < 1.29 is 24.5 Å². The maximum atomic E-state index is 12.0. The number of aromatic hydroxyl groups is 1. The molecule has 0 bridgehead atoms. The average Bonchev–Trinajstić information content (AvgIpc) is 2.36. The lowest BCUT2D eigenvalue weighted by Gasteiger charge is -2.35. The molecule has 2 N–H and O–H groups in total. The Balaban J connectivity index is 2.13. The van der Waals surface area contributed by atoms with Crippen molar-refractivity contribution in [3.8, 4) is 11.5 Å². The van der Waals surface area contributed by atoms with Crippen LogP contribution in [0.4, 0.5) is 0 Å². The Morgan fingerprint density at radius 2 is 2.15 bits per heavy atom. The van der Waals surface area contributed by atoms with Crippen molar-refractivity contribution in [2.75, 3.05) is 6.61 Å². The first-order chi connectivity index (χ1) is 9.41. The number of rotatable bonds is 1. The molecular formula is C15H18O5. The number of carbonyl (C=O) groups is 1. The minimum Gasteiger partial charge on any atom is -0.507 e. The van der Waals surface area contributed by atoms with E-state index in [-0.39, 0.29) is 23.5 Å². The zero-order chi connectivity index (χ0) is 14.5. The molecule has 108 valence electrons. The molecule has 0 fully saturated rings. The number of carbonyl (C=O) groups excluding carboxylic acids is 1. The van der Waals surface area contributed by atoms with Gasteiger partial charge in [-0.05, 0) is 37.8 Å². The number of hydrogen-bond acceptors (Lipinski definition) is 5. The summed E-state index contributed by atoms with van der Waals surface area (Å²) in [5.41, 5.74) is 1.65. The van der Waals surface area contributed by atoms with Gasteiger partial charge in [-0.1, -0.05) is 0 Å². The summed E-state index contributed by atoms with van der Waals surface area (Å²) in [5.74, 6) is -0.0582. The molecule has 2 aliphatic rings. The largest absolute Gasteiger partial charge is 0.507 e. The zero-order valence-corrected chi connectivity index (χ0v) is 11.6. The topological polar surface area (TPSA) is 76.0 Å². The third-order valence-corrected chi connectivity index (χ3v) is 3.96. The average molecular weight is 278 g/mol. The van der Waals surface area contributed by atoms with E-state index >= 15 is 0 Å². The molecule has 5 nitrogen and oxygen atoms in total. The third-order valence-electron chi connectivity index (χ3n) is 3.96. The quantitative estimate of drug-likeness (QED) is 0.763. The number of esters is 1.